The second kappa shape index (κ2) is 6.67. The van der Waals surface area contributed by atoms with Crippen molar-refractivity contribution in [3.63, 3.8) is 0 Å². The van der Waals surface area contributed by atoms with Crippen LogP contribution in [0.4, 0.5) is 0 Å². The molecular formula is C21H18ClN3O2. The third-order valence-electron chi connectivity index (χ3n) is 4.77. The van der Waals surface area contributed by atoms with Crippen molar-refractivity contribution in [2.24, 2.45) is 10.7 Å². The Morgan fingerprint density at radius 1 is 1.15 bits per heavy atom. The fraction of sp³-hybridized carbons (Fsp3) is 0.190. The van der Waals surface area contributed by atoms with E-state index in [-0.39, 0.29) is 6.42 Å². The summed E-state index contributed by atoms with van der Waals surface area (Å²) in [7, 11) is 0. The molecular weight excluding hydrogens is 362 g/mol. The van der Waals surface area contributed by atoms with Crippen LogP contribution in [-0.4, -0.2) is 16.8 Å². The Morgan fingerprint density at radius 3 is 2.59 bits per heavy atom. The molecule has 2 heterocycles. The number of aromatic nitrogens is 1. The molecule has 0 saturated heterocycles. The van der Waals surface area contributed by atoms with Gasteiger partial charge in [-0.25, -0.2) is 0 Å². The van der Waals surface area contributed by atoms with Crippen LogP contribution in [-0.2, 0) is 4.79 Å². The smallest absolute Gasteiger partial charge is 0.220 e. The van der Waals surface area contributed by atoms with E-state index >= 15 is 0 Å². The summed E-state index contributed by atoms with van der Waals surface area (Å²) in [6.07, 6.45) is 0.0474. The summed E-state index contributed by atoms with van der Waals surface area (Å²) >= 11 is 6.14. The number of hydrogen-bond donors (Lipinski definition) is 1. The number of aliphatic imine (C=N–C) groups is 1. The molecule has 2 N–H and O–H groups in total. The molecule has 0 spiro atoms. The van der Waals surface area contributed by atoms with Gasteiger partial charge in [0.1, 0.15) is 6.04 Å². The third-order valence-corrected chi connectivity index (χ3v) is 5.00. The van der Waals surface area contributed by atoms with E-state index in [9.17, 15) is 4.79 Å². The van der Waals surface area contributed by atoms with E-state index in [2.05, 4.69) is 5.16 Å². The maximum atomic E-state index is 11.7. The van der Waals surface area contributed by atoms with Gasteiger partial charge in [-0.1, -0.05) is 47.1 Å². The van der Waals surface area contributed by atoms with Crippen LogP contribution in [0, 0.1) is 13.8 Å². The Balaban J connectivity index is 2.02. The van der Waals surface area contributed by atoms with Crippen LogP contribution >= 0.6 is 11.6 Å². The van der Waals surface area contributed by atoms with Gasteiger partial charge in [-0.2, -0.15) is 0 Å². The van der Waals surface area contributed by atoms with Gasteiger partial charge in [0.25, 0.3) is 0 Å². The average Bonchev–Trinajstić information content (AvgIpc) is 2.94. The van der Waals surface area contributed by atoms with Crippen molar-refractivity contribution in [2.75, 3.05) is 0 Å². The van der Waals surface area contributed by atoms with Crippen LogP contribution in [0.3, 0.4) is 0 Å². The average molecular weight is 380 g/mol. The lowest BCUT2D eigenvalue weighted by molar-refractivity contribution is -0.118. The molecule has 0 radical (unpaired) electrons. The Morgan fingerprint density at radius 2 is 1.89 bits per heavy atom. The summed E-state index contributed by atoms with van der Waals surface area (Å²) in [6.45, 7) is 3.88. The number of fused-ring (bicyclic) bond motifs is 3. The number of nitrogens with two attached hydrogens (primary N) is 1. The monoisotopic (exact) mass is 379 g/mol. The van der Waals surface area contributed by atoms with Crippen LogP contribution < -0.4 is 5.73 Å². The minimum atomic E-state index is -0.531. The van der Waals surface area contributed by atoms with E-state index in [4.69, 9.17) is 26.9 Å². The number of hydrogen-bond acceptors (Lipinski definition) is 4. The first-order valence-electron chi connectivity index (χ1n) is 8.64. The molecule has 0 bridgehead atoms. The van der Waals surface area contributed by atoms with Crippen LogP contribution in [0.5, 0.6) is 0 Å². The molecule has 5 nitrogen and oxygen atoms in total. The molecule has 0 aliphatic carbocycles. The maximum absolute atomic E-state index is 11.7. The van der Waals surface area contributed by atoms with Crippen molar-refractivity contribution in [1.29, 1.82) is 0 Å². The Kier molecular flexibility index (Phi) is 4.32. The predicted octanol–water partition coefficient (Wildman–Crippen LogP) is 4.38. The van der Waals surface area contributed by atoms with Gasteiger partial charge in [-0.15, -0.1) is 0 Å². The molecule has 1 aromatic heterocycles. The number of aryl methyl sites for hydroxylation is 2. The first kappa shape index (κ1) is 17.5. The first-order chi connectivity index (χ1) is 13.0. The van der Waals surface area contributed by atoms with Gasteiger partial charge in [-0.05, 0) is 37.1 Å². The molecule has 27 heavy (non-hydrogen) atoms. The van der Waals surface area contributed by atoms with Crippen LogP contribution in [0.15, 0.2) is 52.0 Å². The highest BCUT2D eigenvalue weighted by Gasteiger charge is 2.31. The maximum Gasteiger partial charge on any atom is 0.220 e. The Hall–Kier alpha value is -2.92. The molecule has 0 unspecified atom stereocenters. The minimum Gasteiger partial charge on any atom is -0.370 e. The summed E-state index contributed by atoms with van der Waals surface area (Å²) in [4.78, 5) is 16.6. The topological polar surface area (TPSA) is 81.5 Å². The lowest BCUT2D eigenvalue weighted by Crippen LogP contribution is -2.15. The fourth-order valence-electron chi connectivity index (χ4n) is 3.57. The number of carbonyl (C=O) groups is 1. The highest BCUT2D eigenvalue weighted by molar-refractivity contribution is 6.31. The van der Waals surface area contributed by atoms with Crippen molar-refractivity contribution < 1.29 is 9.32 Å². The summed E-state index contributed by atoms with van der Waals surface area (Å²) in [5.41, 5.74) is 11.8. The molecule has 2 aromatic carbocycles. The Labute approximate surface area is 161 Å². The molecule has 1 aliphatic rings. The standard InChI is InChI=1S/C21H18ClN3O2/c1-11-9-13(22)7-8-14(11)20-16-6-4-3-5-15(16)19-12(2)25-27-21(19)17(24-20)10-18(23)26/h3-9,17H,10H2,1-2H3,(H2,23,26)/t17-/m0/s1. The molecule has 1 atom stereocenters. The normalized spacial score (nSPS) is 15.5. The first-order valence-corrected chi connectivity index (χ1v) is 9.02. The zero-order valence-electron chi connectivity index (χ0n) is 15.0. The van der Waals surface area contributed by atoms with Crippen molar-refractivity contribution in [3.05, 3.63) is 75.6 Å². The summed E-state index contributed by atoms with van der Waals surface area (Å²) in [5, 5.41) is 4.78. The van der Waals surface area contributed by atoms with Gasteiger partial charge in [0, 0.05) is 16.1 Å². The number of rotatable bonds is 3. The quantitative estimate of drug-likeness (QED) is 0.733. The van der Waals surface area contributed by atoms with Crippen LogP contribution in [0.1, 0.15) is 40.6 Å². The molecule has 1 amide bonds. The second-order valence-electron chi connectivity index (χ2n) is 6.68. The highest BCUT2D eigenvalue weighted by Crippen LogP contribution is 2.41. The number of primary amides is 1. The highest BCUT2D eigenvalue weighted by atomic mass is 35.5. The lowest BCUT2D eigenvalue weighted by Gasteiger charge is -2.13. The van der Waals surface area contributed by atoms with Crippen molar-refractivity contribution in [1.82, 2.24) is 5.16 Å². The van der Waals surface area contributed by atoms with E-state index in [0.717, 1.165) is 39.2 Å². The summed E-state index contributed by atoms with van der Waals surface area (Å²) in [6, 6.07) is 13.1. The number of nitrogens with zero attached hydrogens (tertiary/aromatic N) is 2. The zero-order valence-corrected chi connectivity index (χ0v) is 15.7. The summed E-state index contributed by atoms with van der Waals surface area (Å²) < 4.78 is 5.58. The lowest BCUT2D eigenvalue weighted by atomic mass is 9.91. The van der Waals surface area contributed by atoms with E-state index < -0.39 is 11.9 Å². The molecule has 6 heteroatoms. The molecule has 0 saturated carbocycles. The number of amides is 1. The number of carbonyl (C=O) groups excluding carboxylic acids is 1. The number of benzene rings is 2. The zero-order chi connectivity index (χ0) is 19.1. The van der Waals surface area contributed by atoms with E-state index in [1.54, 1.807) is 0 Å². The van der Waals surface area contributed by atoms with Crippen molar-refractivity contribution >= 4 is 23.2 Å². The molecule has 0 fully saturated rings. The van der Waals surface area contributed by atoms with Gasteiger partial charge in [-0.3, -0.25) is 9.79 Å². The van der Waals surface area contributed by atoms with Crippen LogP contribution in [0.25, 0.3) is 11.1 Å². The van der Waals surface area contributed by atoms with Gasteiger partial charge in [0.2, 0.25) is 5.91 Å². The predicted molar refractivity (Wildman–Crippen MR) is 105 cm³/mol. The van der Waals surface area contributed by atoms with Gasteiger partial charge in [0.05, 0.1) is 23.4 Å². The van der Waals surface area contributed by atoms with Crippen LogP contribution in [0.2, 0.25) is 5.02 Å². The van der Waals surface area contributed by atoms with Crippen molar-refractivity contribution in [3.8, 4) is 11.1 Å². The van der Waals surface area contributed by atoms with Gasteiger partial charge < -0.3 is 10.3 Å². The number of halogens is 1. The molecule has 3 aromatic rings. The van der Waals surface area contributed by atoms with Gasteiger partial charge in [0.15, 0.2) is 5.76 Å². The SMILES string of the molecule is Cc1cc(Cl)ccc1C1=N[C@@H](CC(N)=O)c2onc(C)c2-c2ccccc21. The minimum absolute atomic E-state index is 0.0474. The third kappa shape index (κ3) is 3.04. The van der Waals surface area contributed by atoms with E-state index in [0.29, 0.717) is 10.8 Å². The molecule has 4 rings (SSSR count). The molecule has 1 aliphatic heterocycles. The molecule has 136 valence electrons. The second-order valence-corrected chi connectivity index (χ2v) is 7.11. The van der Waals surface area contributed by atoms with E-state index in [1.165, 1.54) is 0 Å². The fourth-order valence-corrected chi connectivity index (χ4v) is 3.80. The largest absolute Gasteiger partial charge is 0.370 e. The Bertz CT molecular complexity index is 1080. The van der Waals surface area contributed by atoms with Gasteiger partial charge >= 0.3 is 0 Å². The van der Waals surface area contributed by atoms with E-state index in [1.807, 2.05) is 56.3 Å². The van der Waals surface area contributed by atoms with Crippen molar-refractivity contribution in [2.45, 2.75) is 26.3 Å². The summed E-state index contributed by atoms with van der Waals surface area (Å²) in [5.74, 6) is 0.127.